The number of halogens is 4. The van der Waals surface area contributed by atoms with Crippen LogP contribution >= 0.6 is 0 Å². The van der Waals surface area contributed by atoms with Gasteiger partial charge in [0.15, 0.2) is 5.69 Å². The van der Waals surface area contributed by atoms with Crippen LogP contribution in [0.4, 0.5) is 28.0 Å². The number of benzene rings is 1. The van der Waals surface area contributed by atoms with E-state index in [1.54, 1.807) is 26.8 Å². The molecule has 10 heteroatoms. The zero-order chi connectivity index (χ0) is 24.1. The minimum Gasteiger partial charge on any atom is -0.465 e. The summed E-state index contributed by atoms with van der Waals surface area (Å²) in [6.45, 7) is 5.50. The number of aliphatic hydroxyl groups is 1. The normalized spacial score (nSPS) is 20.8. The number of aryl methyl sites for hydroxylation is 1. The van der Waals surface area contributed by atoms with Crippen molar-refractivity contribution in [2.24, 2.45) is 5.92 Å². The van der Waals surface area contributed by atoms with Crippen molar-refractivity contribution >= 4 is 11.8 Å². The van der Waals surface area contributed by atoms with Crippen LogP contribution in [0.3, 0.4) is 0 Å². The first kappa shape index (κ1) is 23.9. The van der Waals surface area contributed by atoms with Crippen LogP contribution in [0.1, 0.15) is 50.0 Å². The van der Waals surface area contributed by atoms with E-state index in [0.717, 1.165) is 0 Å². The summed E-state index contributed by atoms with van der Waals surface area (Å²) in [5.74, 6) is -1.11. The van der Waals surface area contributed by atoms with Crippen LogP contribution in [0.2, 0.25) is 0 Å². The molecule has 2 aromatic rings. The highest BCUT2D eigenvalue weighted by Gasteiger charge is 2.57. The maximum atomic E-state index is 14.0. The average molecular weight is 455 g/mol. The number of hydrogen-bond acceptors (Lipinski definition) is 4. The van der Waals surface area contributed by atoms with E-state index in [1.807, 2.05) is 0 Å². The van der Waals surface area contributed by atoms with Crippen LogP contribution in [0, 0.1) is 18.7 Å². The molecule has 174 valence electrons. The SMILES string of the molecule is Cc1nc(C(C)(C)C)c(N(C[C@@]2(c3cccc(F)c3)C[C@H]2CO)C(=O)O)c(C(F)(F)F)n1. The number of carboxylic acid groups (broad SMARTS) is 1. The van der Waals surface area contributed by atoms with Crippen LogP contribution < -0.4 is 4.90 Å². The van der Waals surface area contributed by atoms with Gasteiger partial charge in [-0.2, -0.15) is 13.2 Å². The van der Waals surface area contributed by atoms with E-state index in [0.29, 0.717) is 16.9 Å². The van der Waals surface area contributed by atoms with Gasteiger partial charge < -0.3 is 10.2 Å². The lowest BCUT2D eigenvalue weighted by molar-refractivity contribution is -0.140. The van der Waals surface area contributed by atoms with Crippen molar-refractivity contribution in [2.45, 2.75) is 51.1 Å². The average Bonchev–Trinajstić information content (AvgIpc) is 3.39. The summed E-state index contributed by atoms with van der Waals surface area (Å²) in [5, 5.41) is 19.7. The molecule has 32 heavy (non-hydrogen) atoms. The zero-order valence-corrected chi connectivity index (χ0v) is 18.2. The van der Waals surface area contributed by atoms with Crippen LogP contribution in [0.25, 0.3) is 0 Å². The molecule has 1 saturated carbocycles. The molecule has 2 atom stereocenters. The van der Waals surface area contributed by atoms with Gasteiger partial charge in [0.05, 0.1) is 5.69 Å². The molecule has 0 saturated heterocycles. The number of rotatable bonds is 5. The highest BCUT2D eigenvalue weighted by molar-refractivity contribution is 5.88. The van der Waals surface area contributed by atoms with E-state index in [1.165, 1.54) is 25.1 Å². The van der Waals surface area contributed by atoms with E-state index in [-0.39, 0.29) is 18.1 Å². The van der Waals surface area contributed by atoms with Crippen molar-refractivity contribution in [3.63, 3.8) is 0 Å². The van der Waals surface area contributed by atoms with Gasteiger partial charge >= 0.3 is 12.3 Å². The van der Waals surface area contributed by atoms with Crippen molar-refractivity contribution in [1.82, 2.24) is 9.97 Å². The lowest BCUT2D eigenvalue weighted by Gasteiger charge is -2.32. The van der Waals surface area contributed by atoms with Crippen molar-refractivity contribution in [1.29, 1.82) is 0 Å². The van der Waals surface area contributed by atoms with Gasteiger partial charge in [-0.25, -0.2) is 19.2 Å². The van der Waals surface area contributed by atoms with Crippen molar-refractivity contribution in [3.8, 4) is 0 Å². The molecule has 6 nitrogen and oxygen atoms in total. The number of hydrogen-bond donors (Lipinski definition) is 2. The minimum absolute atomic E-state index is 0.0599. The molecular weight excluding hydrogens is 430 g/mol. The van der Waals surface area contributed by atoms with Gasteiger partial charge in [0.1, 0.15) is 17.3 Å². The second-order valence-electron chi connectivity index (χ2n) is 9.18. The van der Waals surface area contributed by atoms with E-state index < -0.39 is 52.8 Å². The number of alkyl halides is 3. The third kappa shape index (κ3) is 4.41. The van der Waals surface area contributed by atoms with Gasteiger partial charge in [0.2, 0.25) is 0 Å². The second-order valence-corrected chi connectivity index (χ2v) is 9.18. The minimum atomic E-state index is -4.93. The number of carbonyl (C=O) groups is 1. The van der Waals surface area contributed by atoms with Crippen LogP contribution in [-0.2, 0) is 17.0 Å². The lowest BCUT2D eigenvalue weighted by atomic mass is 9.88. The Bertz CT molecular complexity index is 1000. The molecule has 0 bridgehead atoms. The highest BCUT2D eigenvalue weighted by atomic mass is 19.4. The first-order valence-corrected chi connectivity index (χ1v) is 10.0. The van der Waals surface area contributed by atoms with Crippen LogP contribution in [0.5, 0.6) is 0 Å². The van der Waals surface area contributed by atoms with Gasteiger partial charge in [-0.05, 0) is 37.0 Å². The molecule has 1 heterocycles. The number of amides is 1. The molecule has 1 aliphatic rings. The Kier molecular flexibility index (Phi) is 5.97. The van der Waals surface area contributed by atoms with Crippen molar-refractivity contribution in [2.75, 3.05) is 18.1 Å². The maximum Gasteiger partial charge on any atom is 0.435 e. The third-order valence-electron chi connectivity index (χ3n) is 5.77. The van der Waals surface area contributed by atoms with Gasteiger partial charge in [0, 0.05) is 24.0 Å². The van der Waals surface area contributed by atoms with Crippen LogP contribution in [0.15, 0.2) is 24.3 Å². The molecule has 1 amide bonds. The lowest BCUT2D eigenvalue weighted by Crippen LogP contribution is -2.41. The molecule has 3 rings (SSSR count). The first-order chi connectivity index (χ1) is 14.7. The summed E-state index contributed by atoms with van der Waals surface area (Å²) in [6, 6.07) is 5.47. The van der Waals surface area contributed by atoms with E-state index in [4.69, 9.17) is 0 Å². The Balaban J connectivity index is 2.23. The van der Waals surface area contributed by atoms with E-state index in [2.05, 4.69) is 9.97 Å². The number of aromatic nitrogens is 2. The molecular formula is C22H25F4N3O3. The highest BCUT2D eigenvalue weighted by Crippen LogP contribution is 2.55. The first-order valence-electron chi connectivity index (χ1n) is 10.0. The largest absolute Gasteiger partial charge is 0.465 e. The predicted octanol–water partition coefficient (Wildman–Crippen LogP) is 4.68. The number of nitrogens with zero attached hydrogens (tertiary/aromatic N) is 3. The monoisotopic (exact) mass is 455 g/mol. The van der Waals surface area contributed by atoms with Crippen molar-refractivity contribution < 1.29 is 32.6 Å². The van der Waals surface area contributed by atoms with Gasteiger partial charge in [-0.1, -0.05) is 32.9 Å². The molecule has 1 aromatic carbocycles. The Labute approximate surface area is 182 Å². The van der Waals surface area contributed by atoms with Crippen LogP contribution in [-0.4, -0.2) is 39.4 Å². The molecule has 1 fully saturated rings. The topological polar surface area (TPSA) is 86.5 Å². The number of anilines is 1. The smallest absolute Gasteiger partial charge is 0.435 e. The summed E-state index contributed by atoms with van der Waals surface area (Å²) in [5.41, 5.74) is -3.58. The third-order valence-corrected chi connectivity index (χ3v) is 5.77. The molecule has 0 radical (unpaired) electrons. The Morgan fingerprint density at radius 3 is 2.31 bits per heavy atom. The van der Waals surface area contributed by atoms with Crippen molar-refractivity contribution in [3.05, 3.63) is 52.9 Å². The quantitative estimate of drug-likeness (QED) is 0.640. The van der Waals surface area contributed by atoms with Gasteiger partial charge in [-0.15, -0.1) is 0 Å². The van der Waals surface area contributed by atoms with Gasteiger partial charge in [0.25, 0.3) is 0 Å². The maximum absolute atomic E-state index is 14.0. The number of aliphatic hydroxyl groups excluding tert-OH is 1. The van der Waals surface area contributed by atoms with E-state index in [9.17, 15) is 32.6 Å². The molecule has 1 aliphatic carbocycles. The fourth-order valence-corrected chi connectivity index (χ4v) is 4.12. The molecule has 0 spiro atoms. The summed E-state index contributed by atoms with van der Waals surface area (Å²) < 4.78 is 55.9. The summed E-state index contributed by atoms with van der Waals surface area (Å²) in [6.07, 6.45) is -6.24. The predicted molar refractivity (Wildman–Crippen MR) is 109 cm³/mol. The standard InChI is InChI=1S/C22H25F4N3O3/c1-12-27-17(20(2,3)4)16(18(28-12)22(24,25)26)29(19(31)32)11-21(9-14(21)10-30)13-6-5-7-15(23)8-13/h5-8,14,30H,9-11H2,1-4H3,(H,31,32)/t14-,21+/m0/s1. The second kappa shape index (κ2) is 7.99. The fourth-order valence-electron chi connectivity index (χ4n) is 4.12. The summed E-state index contributed by atoms with van der Waals surface area (Å²) in [7, 11) is 0. The molecule has 0 unspecified atom stereocenters. The van der Waals surface area contributed by atoms with E-state index >= 15 is 0 Å². The molecule has 1 aromatic heterocycles. The fraction of sp³-hybridized carbons (Fsp3) is 0.500. The Hall–Kier alpha value is -2.75. The Morgan fingerprint density at radius 1 is 1.22 bits per heavy atom. The molecule has 0 aliphatic heterocycles. The zero-order valence-electron chi connectivity index (χ0n) is 18.2. The summed E-state index contributed by atoms with van der Waals surface area (Å²) >= 11 is 0. The summed E-state index contributed by atoms with van der Waals surface area (Å²) in [4.78, 5) is 20.6. The van der Waals surface area contributed by atoms with Gasteiger partial charge in [-0.3, -0.25) is 4.90 Å². The molecule has 2 N–H and O–H groups in total. The Morgan fingerprint density at radius 2 is 1.84 bits per heavy atom.